The molecule has 1 atom stereocenters. The van der Waals surface area contributed by atoms with Gasteiger partial charge in [-0.25, -0.2) is 18.2 Å². The molecule has 3 rings (SSSR count). The van der Waals surface area contributed by atoms with Crippen LogP contribution in [0.1, 0.15) is 42.9 Å². The molecular weight excluding hydrogens is 390 g/mol. The molecule has 0 heterocycles. The van der Waals surface area contributed by atoms with E-state index in [4.69, 9.17) is 0 Å². The minimum absolute atomic E-state index is 0. The first kappa shape index (κ1) is 26.7. The molecule has 0 radical (unpaired) electrons. The van der Waals surface area contributed by atoms with Gasteiger partial charge in [-0.1, -0.05) is 37.5 Å². The summed E-state index contributed by atoms with van der Waals surface area (Å²) in [5.74, 6) is 0.492. The number of aryl methyl sites for hydroxylation is 1. The average molecular weight is 414 g/mol. The van der Waals surface area contributed by atoms with Gasteiger partial charge in [0.15, 0.2) is 0 Å². The topological polar surface area (TPSA) is 0 Å². The first-order valence-electron chi connectivity index (χ1n) is 6.85. The van der Waals surface area contributed by atoms with Crippen molar-refractivity contribution >= 4 is 6.08 Å². The Morgan fingerprint density at radius 2 is 1.68 bits per heavy atom. The van der Waals surface area contributed by atoms with Crippen molar-refractivity contribution in [3.05, 3.63) is 78.2 Å². The number of rotatable bonds is 0. The SMILES string of the molecule is Cc1cccc2c1C(C)[C-]=C2.[CH2-]CC.[Cl-].[Cl-].[Zr+2].c1cc[cH-]c1. The molecule has 0 amide bonds. The number of benzene rings is 1. The van der Waals surface area contributed by atoms with Crippen molar-refractivity contribution in [2.24, 2.45) is 0 Å². The van der Waals surface area contributed by atoms with E-state index < -0.39 is 0 Å². The van der Waals surface area contributed by atoms with E-state index in [-0.39, 0.29) is 51.0 Å². The van der Waals surface area contributed by atoms with Gasteiger partial charge in [0.25, 0.3) is 0 Å². The molecular formula is C19H23Cl2Zr-3. The summed E-state index contributed by atoms with van der Waals surface area (Å²) < 4.78 is 0. The molecule has 1 aliphatic rings. The fourth-order valence-corrected chi connectivity index (χ4v) is 2.04. The van der Waals surface area contributed by atoms with Gasteiger partial charge in [0.1, 0.15) is 0 Å². The van der Waals surface area contributed by atoms with Crippen LogP contribution in [0, 0.1) is 19.9 Å². The first-order valence-corrected chi connectivity index (χ1v) is 6.85. The van der Waals surface area contributed by atoms with E-state index in [1.165, 1.54) is 16.7 Å². The Kier molecular flexibility index (Phi) is 19.0. The van der Waals surface area contributed by atoms with Crippen LogP contribution in [0.4, 0.5) is 0 Å². The first-order chi connectivity index (χ1) is 9.20. The third-order valence-electron chi connectivity index (χ3n) is 2.84. The van der Waals surface area contributed by atoms with Crippen LogP contribution in [0.3, 0.4) is 0 Å². The Bertz CT molecular complexity index is 473. The molecule has 0 spiro atoms. The molecule has 0 saturated carbocycles. The maximum Gasteiger partial charge on any atom is 2.00 e. The Morgan fingerprint density at radius 3 is 2.09 bits per heavy atom. The molecule has 120 valence electrons. The molecule has 3 heteroatoms. The summed E-state index contributed by atoms with van der Waals surface area (Å²) in [6.07, 6.45) is 6.39. The molecule has 0 N–H and O–H groups in total. The zero-order chi connectivity index (χ0) is 14.1. The second kappa shape index (κ2) is 15.7. The third kappa shape index (κ3) is 9.03. The molecule has 0 aliphatic heterocycles. The number of hydrogen-bond acceptors (Lipinski definition) is 0. The van der Waals surface area contributed by atoms with Crippen LogP contribution < -0.4 is 24.8 Å². The van der Waals surface area contributed by atoms with E-state index in [1.807, 2.05) is 37.3 Å². The zero-order valence-corrected chi connectivity index (χ0v) is 17.4. The van der Waals surface area contributed by atoms with Crippen molar-refractivity contribution in [2.45, 2.75) is 33.1 Å². The monoisotopic (exact) mass is 411 g/mol. The number of halogens is 2. The van der Waals surface area contributed by atoms with Gasteiger partial charge in [-0.3, -0.25) is 6.08 Å². The molecule has 0 fully saturated rings. The van der Waals surface area contributed by atoms with E-state index in [1.54, 1.807) is 0 Å². The molecule has 0 nitrogen and oxygen atoms in total. The van der Waals surface area contributed by atoms with Crippen molar-refractivity contribution < 1.29 is 51.0 Å². The quantitative estimate of drug-likeness (QED) is 0.515. The Hall–Kier alpha value is -0.227. The van der Waals surface area contributed by atoms with Crippen LogP contribution in [-0.2, 0) is 26.2 Å². The summed E-state index contributed by atoms with van der Waals surface area (Å²) in [7, 11) is 0. The van der Waals surface area contributed by atoms with Crippen LogP contribution in [0.2, 0.25) is 0 Å². The molecule has 1 aliphatic carbocycles. The van der Waals surface area contributed by atoms with E-state index in [0.29, 0.717) is 5.92 Å². The molecule has 0 saturated heterocycles. The predicted molar refractivity (Wildman–Crippen MR) is 85.0 cm³/mol. The summed E-state index contributed by atoms with van der Waals surface area (Å²) >= 11 is 0. The van der Waals surface area contributed by atoms with E-state index >= 15 is 0 Å². The van der Waals surface area contributed by atoms with Crippen molar-refractivity contribution in [2.75, 3.05) is 0 Å². The van der Waals surface area contributed by atoms with Gasteiger partial charge in [-0.2, -0.15) is 30.2 Å². The van der Waals surface area contributed by atoms with Crippen LogP contribution in [-0.4, -0.2) is 0 Å². The number of fused-ring (bicyclic) bond motifs is 1. The summed E-state index contributed by atoms with van der Waals surface area (Å²) in [6, 6.07) is 16.4. The summed E-state index contributed by atoms with van der Waals surface area (Å²) in [6.45, 7) is 9.85. The molecule has 1 unspecified atom stereocenters. The second-order valence-electron chi connectivity index (χ2n) is 4.57. The van der Waals surface area contributed by atoms with Gasteiger partial charge in [0.05, 0.1) is 0 Å². The molecule has 22 heavy (non-hydrogen) atoms. The van der Waals surface area contributed by atoms with Crippen LogP contribution in [0.25, 0.3) is 6.08 Å². The normalized spacial score (nSPS) is 12.8. The van der Waals surface area contributed by atoms with Gasteiger partial charge in [-0.05, 0) is 6.92 Å². The van der Waals surface area contributed by atoms with Crippen LogP contribution in [0.15, 0.2) is 48.5 Å². The van der Waals surface area contributed by atoms with Crippen LogP contribution in [0.5, 0.6) is 0 Å². The van der Waals surface area contributed by atoms with E-state index in [9.17, 15) is 0 Å². The third-order valence-corrected chi connectivity index (χ3v) is 2.84. The van der Waals surface area contributed by atoms with Gasteiger partial charge >= 0.3 is 26.2 Å². The summed E-state index contributed by atoms with van der Waals surface area (Å²) in [5, 5.41) is 0. The number of allylic oxidation sites excluding steroid dienone is 1. The minimum atomic E-state index is 0. The molecule has 2 aromatic carbocycles. The molecule has 2 aromatic rings. The van der Waals surface area contributed by atoms with Crippen molar-refractivity contribution in [1.82, 2.24) is 0 Å². The van der Waals surface area contributed by atoms with Crippen molar-refractivity contribution in [3.8, 4) is 0 Å². The largest absolute Gasteiger partial charge is 2.00 e. The maximum atomic E-state index is 3.49. The number of hydrogen-bond donors (Lipinski definition) is 0. The Morgan fingerprint density at radius 1 is 1.14 bits per heavy atom. The predicted octanol–water partition coefficient (Wildman–Crippen LogP) is -0.430. The average Bonchev–Trinajstić information content (AvgIpc) is 3.04. The summed E-state index contributed by atoms with van der Waals surface area (Å²) in [5.41, 5.74) is 4.18. The van der Waals surface area contributed by atoms with Crippen LogP contribution >= 0.6 is 0 Å². The Labute approximate surface area is 167 Å². The van der Waals surface area contributed by atoms with Crippen molar-refractivity contribution in [3.63, 3.8) is 0 Å². The van der Waals surface area contributed by atoms with Gasteiger partial charge in [0, 0.05) is 0 Å². The standard InChI is InChI=1S/C11H11.C5H5.C3H7.2ClH.Zr/c1-8-4-3-5-10-7-6-9(2)11(8)10;1-2-4-5-3-1;1-3-2;;;/h3-5,7,9H,1-2H3;1-5H;1,3H2,2H3;2*1H;/q3*-1;;;+2/p-2. The van der Waals surface area contributed by atoms with E-state index in [0.717, 1.165) is 6.42 Å². The van der Waals surface area contributed by atoms with E-state index in [2.05, 4.69) is 51.1 Å². The smallest absolute Gasteiger partial charge is 1.00 e. The fourth-order valence-electron chi connectivity index (χ4n) is 2.04. The second-order valence-corrected chi connectivity index (χ2v) is 4.57. The van der Waals surface area contributed by atoms with Gasteiger partial charge in [-0.15, -0.1) is 11.6 Å². The zero-order valence-electron chi connectivity index (χ0n) is 13.4. The molecule has 0 bridgehead atoms. The molecule has 0 aromatic heterocycles. The minimum Gasteiger partial charge on any atom is -1.00 e. The van der Waals surface area contributed by atoms with Crippen molar-refractivity contribution in [1.29, 1.82) is 0 Å². The maximum absolute atomic E-state index is 3.49. The summed E-state index contributed by atoms with van der Waals surface area (Å²) in [4.78, 5) is 0. The Balaban J connectivity index is -0.000000283. The van der Waals surface area contributed by atoms with Gasteiger partial charge in [0.2, 0.25) is 0 Å². The fraction of sp³-hybridized carbons (Fsp3) is 0.263. The van der Waals surface area contributed by atoms with Gasteiger partial charge < -0.3 is 31.7 Å².